The van der Waals surface area contributed by atoms with Crippen LogP contribution in [0.3, 0.4) is 0 Å². The highest BCUT2D eigenvalue weighted by Gasteiger charge is 2.31. The van der Waals surface area contributed by atoms with E-state index < -0.39 is 41.5 Å². The molecule has 0 spiro atoms. The number of rotatable bonds is 5. The van der Waals surface area contributed by atoms with Crippen LogP contribution in [0.15, 0.2) is 18.2 Å². The Hall–Kier alpha value is -2.12. The molecule has 0 unspecified atom stereocenters. The van der Waals surface area contributed by atoms with E-state index in [2.05, 4.69) is 10.6 Å². The molecule has 116 valence electrons. The van der Waals surface area contributed by atoms with E-state index in [1.807, 2.05) is 6.92 Å². The van der Waals surface area contributed by atoms with Gasteiger partial charge >= 0.3 is 6.18 Å². The van der Waals surface area contributed by atoms with Crippen molar-refractivity contribution in [2.75, 3.05) is 13.1 Å². The van der Waals surface area contributed by atoms with Crippen LogP contribution in [0.2, 0.25) is 0 Å². The minimum atomic E-state index is -4.68. The van der Waals surface area contributed by atoms with Crippen molar-refractivity contribution in [3.63, 3.8) is 0 Å². The van der Waals surface area contributed by atoms with Gasteiger partial charge in [-0.25, -0.2) is 4.39 Å². The van der Waals surface area contributed by atoms with Crippen LogP contribution in [0.4, 0.5) is 17.6 Å². The zero-order valence-electron chi connectivity index (χ0n) is 11.2. The molecule has 4 nitrogen and oxygen atoms in total. The number of carbonyl (C=O) groups excluding carboxylic acids is 2. The second-order valence-corrected chi connectivity index (χ2v) is 4.23. The minimum Gasteiger partial charge on any atom is -0.355 e. The fourth-order valence-electron chi connectivity index (χ4n) is 1.46. The lowest BCUT2D eigenvalue weighted by Gasteiger charge is -2.10. The zero-order chi connectivity index (χ0) is 16.0. The van der Waals surface area contributed by atoms with E-state index in [1.165, 1.54) is 0 Å². The molecule has 2 amide bonds. The Kier molecular flexibility index (Phi) is 5.69. The van der Waals surface area contributed by atoms with Gasteiger partial charge in [-0.1, -0.05) is 6.92 Å². The Morgan fingerprint density at radius 3 is 2.43 bits per heavy atom. The second kappa shape index (κ2) is 7.05. The van der Waals surface area contributed by atoms with Crippen molar-refractivity contribution in [1.29, 1.82) is 0 Å². The van der Waals surface area contributed by atoms with Gasteiger partial charge in [0, 0.05) is 6.54 Å². The van der Waals surface area contributed by atoms with Gasteiger partial charge in [0.1, 0.15) is 5.82 Å². The Labute approximate surface area is 118 Å². The molecule has 1 rings (SSSR count). The molecular weight excluding hydrogens is 292 g/mol. The first-order valence-electron chi connectivity index (χ1n) is 6.17. The third kappa shape index (κ3) is 5.05. The molecule has 0 aliphatic heterocycles. The fourth-order valence-corrected chi connectivity index (χ4v) is 1.46. The molecule has 1 aromatic carbocycles. The van der Waals surface area contributed by atoms with Gasteiger partial charge in [0.05, 0.1) is 17.7 Å². The normalized spacial score (nSPS) is 11.1. The Morgan fingerprint density at radius 2 is 1.86 bits per heavy atom. The van der Waals surface area contributed by atoms with Crippen molar-refractivity contribution in [3.8, 4) is 0 Å². The number of benzene rings is 1. The summed E-state index contributed by atoms with van der Waals surface area (Å²) in [5.41, 5.74) is -1.89. The number of carbonyl (C=O) groups is 2. The highest BCUT2D eigenvalue weighted by atomic mass is 19.4. The number of hydrogen-bond donors (Lipinski definition) is 2. The molecule has 2 N–H and O–H groups in total. The minimum absolute atomic E-state index is 0.409. The molecule has 21 heavy (non-hydrogen) atoms. The largest absolute Gasteiger partial charge is 0.416 e. The SMILES string of the molecule is CCCNC(=O)CNC(=O)c1cc(C(F)(F)F)ccc1F. The molecule has 0 bridgehead atoms. The Bertz CT molecular complexity index is 529. The van der Waals surface area contributed by atoms with Crippen LogP contribution >= 0.6 is 0 Å². The first kappa shape index (κ1) is 16.9. The fraction of sp³-hybridized carbons (Fsp3) is 0.385. The molecule has 0 aliphatic rings. The molecule has 0 heterocycles. The molecular formula is C13H14F4N2O2. The molecule has 0 radical (unpaired) electrons. The van der Waals surface area contributed by atoms with Gasteiger partial charge in [0.15, 0.2) is 0 Å². The second-order valence-electron chi connectivity index (χ2n) is 4.23. The Morgan fingerprint density at radius 1 is 1.19 bits per heavy atom. The van der Waals surface area contributed by atoms with Gasteiger partial charge in [-0.3, -0.25) is 9.59 Å². The number of alkyl halides is 3. The van der Waals surface area contributed by atoms with Gasteiger partial charge in [-0.15, -0.1) is 0 Å². The molecule has 0 fully saturated rings. The lowest BCUT2D eigenvalue weighted by Crippen LogP contribution is -2.37. The average molecular weight is 306 g/mol. The maximum absolute atomic E-state index is 13.4. The molecule has 0 saturated carbocycles. The van der Waals surface area contributed by atoms with Crippen molar-refractivity contribution in [2.24, 2.45) is 0 Å². The molecule has 1 aromatic rings. The van der Waals surface area contributed by atoms with Crippen molar-refractivity contribution in [2.45, 2.75) is 19.5 Å². The van der Waals surface area contributed by atoms with Gasteiger partial charge in [0.25, 0.3) is 5.91 Å². The smallest absolute Gasteiger partial charge is 0.355 e. The maximum Gasteiger partial charge on any atom is 0.416 e. The van der Waals surface area contributed by atoms with E-state index in [-0.39, 0.29) is 0 Å². The summed E-state index contributed by atoms with van der Waals surface area (Å²) in [5, 5.41) is 4.53. The predicted molar refractivity (Wildman–Crippen MR) is 67.0 cm³/mol. The quantitative estimate of drug-likeness (QED) is 0.819. The van der Waals surface area contributed by atoms with Gasteiger partial charge in [-0.05, 0) is 24.6 Å². The highest BCUT2D eigenvalue weighted by Crippen LogP contribution is 2.30. The summed E-state index contributed by atoms with van der Waals surface area (Å²) in [5.74, 6) is -2.67. The molecule has 0 atom stereocenters. The average Bonchev–Trinajstić information content (AvgIpc) is 2.41. The van der Waals surface area contributed by atoms with Crippen molar-refractivity contribution in [3.05, 3.63) is 35.1 Å². The third-order valence-corrected chi connectivity index (χ3v) is 2.52. The summed E-state index contributed by atoms with van der Waals surface area (Å²) in [6.45, 7) is 1.80. The molecule has 0 saturated heterocycles. The van der Waals surface area contributed by atoms with Crippen LogP contribution in [0.1, 0.15) is 29.3 Å². The van der Waals surface area contributed by atoms with Crippen LogP contribution in [0.25, 0.3) is 0 Å². The number of halogens is 4. The van der Waals surface area contributed by atoms with Crippen molar-refractivity contribution < 1.29 is 27.2 Å². The predicted octanol–water partition coefficient (Wildman–Crippen LogP) is 2.10. The zero-order valence-corrected chi connectivity index (χ0v) is 11.2. The lowest BCUT2D eigenvalue weighted by molar-refractivity contribution is -0.137. The third-order valence-electron chi connectivity index (χ3n) is 2.52. The number of amides is 2. The summed E-state index contributed by atoms with van der Waals surface area (Å²) in [7, 11) is 0. The van der Waals surface area contributed by atoms with Crippen LogP contribution in [0.5, 0.6) is 0 Å². The molecule has 0 aliphatic carbocycles. The lowest BCUT2D eigenvalue weighted by atomic mass is 10.1. The monoisotopic (exact) mass is 306 g/mol. The van der Waals surface area contributed by atoms with E-state index in [0.29, 0.717) is 31.2 Å². The van der Waals surface area contributed by atoms with E-state index in [9.17, 15) is 27.2 Å². The molecule has 0 aromatic heterocycles. The van der Waals surface area contributed by atoms with Gasteiger partial charge in [-0.2, -0.15) is 13.2 Å². The first-order chi connectivity index (χ1) is 9.75. The highest BCUT2D eigenvalue weighted by molar-refractivity contribution is 5.96. The summed E-state index contributed by atoms with van der Waals surface area (Å²) in [6.07, 6.45) is -3.98. The van der Waals surface area contributed by atoms with Crippen LogP contribution in [-0.4, -0.2) is 24.9 Å². The summed E-state index contributed by atoms with van der Waals surface area (Å²) in [6, 6.07) is 1.52. The summed E-state index contributed by atoms with van der Waals surface area (Å²) < 4.78 is 50.9. The van der Waals surface area contributed by atoms with Crippen LogP contribution < -0.4 is 10.6 Å². The topological polar surface area (TPSA) is 58.2 Å². The van der Waals surface area contributed by atoms with E-state index in [1.54, 1.807) is 0 Å². The van der Waals surface area contributed by atoms with Crippen LogP contribution in [0, 0.1) is 5.82 Å². The van der Waals surface area contributed by atoms with Gasteiger partial charge in [0.2, 0.25) is 5.91 Å². The van der Waals surface area contributed by atoms with Crippen molar-refractivity contribution in [1.82, 2.24) is 10.6 Å². The standard InChI is InChI=1S/C13H14F4N2O2/c1-2-5-18-11(20)7-19-12(21)9-6-8(13(15,16)17)3-4-10(9)14/h3-4,6H,2,5,7H2,1H3,(H,18,20)(H,19,21). The number of nitrogens with one attached hydrogen (secondary N) is 2. The summed E-state index contributed by atoms with van der Waals surface area (Å²) >= 11 is 0. The first-order valence-corrected chi connectivity index (χ1v) is 6.17. The van der Waals surface area contributed by atoms with Crippen LogP contribution in [-0.2, 0) is 11.0 Å². The van der Waals surface area contributed by atoms with E-state index in [4.69, 9.17) is 0 Å². The Balaban J connectivity index is 2.76. The van der Waals surface area contributed by atoms with Gasteiger partial charge < -0.3 is 10.6 Å². The maximum atomic E-state index is 13.4. The van der Waals surface area contributed by atoms with Crippen molar-refractivity contribution >= 4 is 11.8 Å². The molecule has 8 heteroatoms. The van der Waals surface area contributed by atoms with E-state index >= 15 is 0 Å². The van der Waals surface area contributed by atoms with E-state index in [0.717, 1.165) is 0 Å². The number of hydrogen-bond acceptors (Lipinski definition) is 2. The summed E-state index contributed by atoms with van der Waals surface area (Å²) in [4.78, 5) is 22.9.